The van der Waals surface area contributed by atoms with Gasteiger partial charge in [-0.2, -0.15) is 10.4 Å². The quantitative estimate of drug-likeness (QED) is 0.749. The molecule has 2 aromatic heterocycles. The van der Waals surface area contributed by atoms with E-state index in [-0.39, 0.29) is 0 Å². The first-order valence-electron chi connectivity index (χ1n) is 8.18. The summed E-state index contributed by atoms with van der Waals surface area (Å²) in [6.45, 7) is 3.05. The molecule has 0 aliphatic carbocycles. The zero-order valence-electron chi connectivity index (χ0n) is 13.5. The molecule has 3 aromatic rings. The number of anilines is 1. The molecular formula is C19H18N4S. The highest BCUT2D eigenvalue weighted by molar-refractivity contribution is 7.13. The summed E-state index contributed by atoms with van der Waals surface area (Å²) in [7, 11) is 0. The molecule has 0 spiro atoms. The number of aryl methyl sites for hydroxylation is 1. The fourth-order valence-corrected chi connectivity index (χ4v) is 4.09. The Morgan fingerprint density at radius 3 is 2.96 bits per heavy atom. The Hall–Kier alpha value is -2.58. The van der Waals surface area contributed by atoms with E-state index in [0.29, 0.717) is 5.56 Å². The van der Waals surface area contributed by atoms with Crippen LogP contribution in [0.3, 0.4) is 0 Å². The van der Waals surface area contributed by atoms with E-state index in [0.717, 1.165) is 43.0 Å². The minimum absolute atomic E-state index is 0.641. The predicted octanol–water partition coefficient (Wildman–Crippen LogP) is 4.53. The maximum absolute atomic E-state index is 9.46. The number of para-hydroxylation sites is 1. The first-order chi connectivity index (χ1) is 11.8. The van der Waals surface area contributed by atoms with Gasteiger partial charge in [0, 0.05) is 12.1 Å². The van der Waals surface area contributed by atoms with Crippen LogP contribution in [0.15, 0.2) is 35.7 Å². The highest BCUT2D eigenvalue weighted by atomic mass is 32.1. The number of fused-ring (bicyclic) bond motifs is 1. The molecule has 0 amide bonds. The van der Waals surface area contributed by atoms with Gasteiger partial charge in [-0.3, -0.25) is 0 Å². The van der Waals surface area contributed by atoms with Crippen LogP contribution in [-0.2, 0) is 6.42 Å². The summed E-state index contributed by atoms with van der Waals surface area (Å²) >= 11 is 1.73. The number of benzene rings is 1. The fourth-order valence-electron chi connectivity index (χ4n) is 3.18. The van der Waals surface area contributed by atoms with Crippen LogP contribution >= 0.6 is 11.3 Å². The number of thiophene rings is 1. The molecule has 24 heavy (non-hydrogen) atoms. The van der Waals surface area contributed by atoms with Gasteiger partial charge in [0.2, 0.25) is 0 Å². The van der Waals surface area contributed by atoms with Gasteiger partial charge in [-0.05, 0) is 55.3 Å². The van der Waals surface area contributed by atoms with Gasteiger partial charge >= 0.3 is 0 Å². The molecule has 0 saturated carbocycles. The molecule has 0 fully saturated rings. The van der Waals surface area contributed by atoms with Crippen molar-refractivity contribution in [3.63, 3.8) is 0 Å². The highest BCUT2D eigenvalue weighted by Gasteiger charge is 2.23. The summed E-state index contributed by atoms with van der Waals surface area (Å²) in [6, 6.07) is 12.1. The van der Waals surface area contributed by atoms with E-state index in [1.165, 1.54) is 16.0 Å². The van der Waals surface area contributed by atoms with Crippen LogP contribution in [-0.4, -0.2) is 16.3 Å². The summed E-state index contributed by atoms with van der Waals surface area (Å²) in [5.74, 6) is 1.04. The molecule has 4 rings (SSSR count). The average molecular weight is 334 g/mol. The Balaban J connectivity index is 1.95. The largest absolute Gasteiger partial charge is 0.370 e. The van der Waals surface area contributed by atoms with Crippen LogP contribution in [0.5, 0.6) is 0 Å². The van der Waals surface area contributed by atoms with Crippen LogP contribution in [0.2, 0.25) is 0 Å². The molecular weight excluding hydrogens is 316 g/mol. The van der Waals surface area contributed by atoms with E-state index < -0.39 is 0 Å². The summed E-state index contributed by atoms with van der Waals surface area (Å²) in [6.07, 6.45) is 3.32. The van der Waals surface area contributed by atoms with Crippen LogP contribution < -0.4 is 5.32 Å². The van der Waals surface area contributed by atoms with Gasteiger partial charge in [0.1, 0.15) is 17.6 Å². The normalized spacial score (nSPS) is 13.7. The topological polar surface area (TPSA) is 53.6 Å². The van der Waals surface area contributed by atoms with Gasteiger partial charge in [-0.1, -0.05) is 12.1 Å². The van der Waals surface area contributed by atoms with E-state index in [1.807, 2.05) is 28.9 Å². The van der Waals surface area contributed by atoms with Gasteiger partial charge in [-0.25, -0.2) is 4.68 Å². The molecule has 0 unspecified atom stereocenters. The standard InChI is InChI=1S/C19H18N4S/c1-13-10-17(24-12-13)18-15-7-4-5-9-21-19(15)23(22-18)16-8-3-2-6-14(16)11-20/h2-3,6,8,10,12,21H,4-5,7,9H2,1H3. The minimum atomic E-state index is 0.641. The first-order valence-corrected chi connectivity index (χ1v) is 9.06. The summed E-state index contributed by atoms with van der Waals surface area (Å²) < 4.78 is 1.92. The number of nitrogens with one attached hydrogen (secondary N) is 1. The lowest BCUT2D eigenvalue weighted by Crippen LogP contribution is -2.08. The molecule has 120 valence electrons. The second-order valence-electron chi connectivity index (χ2n) is 6.09. The summed E-state index contributed by atoms with van der Waals surface area (Å²) in [4.78, 5) is 1.20. The van der Waals surface area contributed by atoms with Crippen molar-refractivity contribution in [1.29, 1.82) is 5.26 Å². The molecule has 0 atom stereocenters. The Morgan fingerprint density at radius 1 is 1.29 bits per heavy atom. The maximum Gasteiger partial charge on any atom is 0.133 e. The van der Waals surface area contributed by atoms with Crippen molar-refractivity contribution in [3.8, 4) is 22.3 Å². The van der Waals surface area contributed by atoms with Crippen LogP contribution in [0, 0.1) is 18.3 Å². The molecule has 4 nitrogen and oxygen atoms in total. The molecule has 1 N–H and O–H groups in total. The predicted molar refractivity (Wildman–Crippen MR) is 97.8 cm³/mol. The number of aromatic nitrogens is 2. The van der Waals surface area contributed by atoms with Crippen molar-refractivity contribution in [2.75, 3.05) is 11.9 Å². The van der Waals surface area contributed by atoms with Crippen molar-refractivity contribution >= 4 is 17.2 Å². The molecule has 1 aliphatic heterocycles. The van der Waals surface area contributed by atoms with Gasteiger partial charge in [-0.15, -0.1) is 11.3 Å². The lowest BCUT2D eigenvalue weighted by molar-refractivity contribution is 0.780. The third kappa shape index (κ3) is 2.49. The highest BCUT2D eigenvalue weighted by Crippen LogP contribution is 2.37. The average Bonchev–Trinajstić information content (AvgIpc) is 3.10. The number of hydrogen-bond donors (Lipinski definition) is 1. The SMILES string of the molecule is Cc1csc(-c2nn(-c3ccccc3C#N)c3c2CCCCN3)c1. The van der Waals surface area contributed by atoms with Gasteiger partial charge < -0.3 is 5.32 Å². The van der Waals surface area contributed by atoms with Gasteiger partial charge in [0.05, 0.1) is 16.1 Å². The number of nitriles is 1. The van der Waals surface area contributed by atoms with E-state index in [9.17, 15) is 5.26 Å². The van der Waals surface area contributed by atoms with Crippen LogP contribution in [0.4, 0.5) is 5.82 Å². The summed E-state index contributed by atoms with van der Waals surface area (Å²) in [5.41, 5.74) is 5.05. The zero-order chi connectivity index (χ0) is 16.5. The van der Waals surface area contributed by atoms with Crippen LogP contribution in [0.25, 0.3) is 16.3 Å². The van der Waals surface area contributed by atoms with Crippen molar-refractivity contribution in [2.45, 2.75) is 26.2 Å². The Morgan fingerprint density at radius 2 is 2.17 bits per heavy atom. The summed E-state index contributed by atoms with van der Waals surface area (Å²) in [5, 5.41) is 20.1. The van der Waals surface area contributed by atoms with Crippen molar-refractivity contribution in [2.24, 2.45) is 0 Å². The van der Waals surface area contributed by atoms with Crippen molar-refractivity contribution < 1.29 is 0 Å². The lowest BCUT2D eigenvalue weighted by atomic mass is 10.1. The Bertz CT molecular complexity index is 929. The lowest BCUT2D eigenvalue weighted by Gasteiger charge is -2.10. The second kappa shape index (κ2) is 6.14. The van der Waals surface area contributed by atoms with E-state index >= 15 is 0 Å². The van der Waals surface area contributed by atoms with Crippen molar-refractivity contribution in [3.05, 3.63) is 52.4 Å². The minimum Gasteiger partial charge on any atom is -0.370 e. The smallest absolute Gasteiger partial charge is 0.133 e. The third-order valence-electron chi connectivity index (χ3n) is 4.35. The number of rotatable bonds is 2. The first kappa shape index (κ1) is 15.0. The zero-order valence-corrected chi connectivity index (χ0v) is 14.4. The molecule has 0 bridgehead atoms. The fraction of sp³-hybridized carbons (Fsp3) is 0.263. The van der Waals surface area contributed by atoms with Gasteiger partial charge in [0.25, 0.3) is 0 Å². The molecule has 0 radical (unpaired) electrons. The molecule has 1 aliphatic rings. The molecule has 0 saturated heterocycles. The molecule has 1 aromatic carbocycles. The Labute approximate surface area is 145 Å². The second-order valence-corrected chi connectivity index (χ2v) is 7.00. The van der Waals surface area contributed by atoms with E-state index in [2.05, 4.69) is 29.8 Å². The number of hydrogen-bond acceptors (Lipinski definition) is 4. The monoisotopic (exact) mass is 334 g/mol. The molecule has 5 heteroatoms. The Kier molecular flexibility index (Phi) is 3.83. The van der Waals surface area contributed by atoms with E-state index in [1.54, 1.807) is 11.3 Å². The maximum atomic E-state index is 9.46. The van der Waals surface area contributed by atoms with Gasteiger partial charge in [0.15, 0.2) is 0 Å². The van der Waals surface area contributed by atoms with Crippen LogP contribution in [0.1, 0.15) is 29.5 Å². The third-order valence-corrected chi connectivity index (χ3v) is 5.40. The van der Waals surface area contributed by atoms with Crippen molar-refractivity contribution in [1.82, 2.24) is 9.78 Å². The number of nitrogens with zero attached hydrogens (tertiary/aromatic N) is 3. The van der Waals surface area contributed by atoms with E-state index in [4.69, 9.17) is 5.10 Å². The molecule has 3 heterocycles.